The summed E-state index contributed by atoms with van der Waals surface area (Å²) in [5.74, 6) is 0.290. The Balaban J connectivity index is 1.69. The lowest BCUT2D eigenvalue weighted by Gasteiger charge is -2.26. The van der Waals surface area contributed by atoms with E-state index in [1.165, 1.54) is 12.7 Å². The van der Waals surface area contributed by atoms with Crippen molar-refractivity contribution in [1.82, 2.24) is 24.4 Å². The molecular formula is C17H30N10O3. The number of imidazole rings is 1. The number of hydrogen-bond donors (Lipinski definition) is 6. The van der Waals surface area contributed by atoms with Crippen molar-refractivity contribution in [3.8, 4) is 0 Å². The maximum Gasteiger partial charge on any atom is 0.185 e. The summed E-state index contributed by atoms with van der Waals surface area (Å²) >= 11 is 0. The molecule has 4 atom stereocenters. The number of fused-ring (bicyclic) bond motifs is 1. The highest BCUT2D eigenvalue weighted by molar-refractivity contribution is 5.81. The van der Waals surface area contributed by atoms with E-state index >= 15 is 0 Å². The predicted molar refractivity (Wildman–Crippen MR) is 111 cm³/mol. The molecule has 0 amide bonds. The Morgan fingerprint density at radius 2 is 1.93 bits per heavy atom. The Kier molecular flexibility index (Phi) is 7.33. The van der Waals surface area contributed by atoms with Crippen LogP contribution in [0.4, 0.5) is 5.82 Å². The minimum absolute atomic E-state index is 0.0565. The molecule has 0 saturated carbocycles. The van der Waals surface area contributed by atoms with Gasteiger partial charge in [0.25, 0.3) is 0 Å². The van der Waals surface area contributed by atoms with E-state index in [0.717, 1.165) is 19.4 Å². The molecule has 1 aliphatic heterocycles. The smallest absolute Gasteiger partial charge is 0.185 e. The number of nitrogens with two attached hydrogens (primary N) is 4. The zero-order valence-corrected chi connectivity index (χ0v) is 16.7. The largest absolute Gasteiger partial charge is 0.387 e. The molecule has 3 rings (SSSR count). The van der Waals surface area contributed by atoms with E-state index in [-0.39, 0.29) is 11.8 Å². The normalized spacial score (nSPS) is 24.0. The number of nitrogen functional groups attached to an aromatic ring is 1. The molecule has 0 unspecified atom stereocenters. The van der Waals surface area contributed by atoms with Gasteiger partial charge in [0, 0.05) is 19.6 Å². The van der Waals surface area contributed by atoms with Gasteiger partial charge >= 0.3 is 0 Å². The molecule has 0 radical (unpaired) electrons. The standard InChI is InChI=1S/C17H30N10O3/c18-3-1-5-26(6-2-4-22-17(20)21)7-10-12(28)13(29)16(30-10)27-9-25-11-14(19)23-8-24-15(11)27/h8-10,12-13,16,28-29H,1-7,18H2,(H2,19,23,24)(H4,20,21,22)/t10-,12-,13-,16-/m0/s1. The first kappa shape index (κ1) is 22.1. The number of anilines is 1. The number of guanidine groups is 1. The van der Waals surface area contributed by atoms with Gasteiger partial charge in [0.05, 0.1) is 6.33 Å². The van der Waals surface area contributed by atoms with Crippen molar-refractivity contribution >= 4 is 22.9 Å². The molecule has 0 aliphatic carbocycles. The summed E-state index contributed by atoms with van der Waals surface area (Å²) in [5.41, 5.74) is 23.0. The van der Waals surface area contributed by atoms with E-state index in [1.807, 2.05) is 0 Å². The van der Waals surface area contributed by atoms with Crippen molar-refractivity contribution in [2.24, 2.45) is 22.2 Å². The number of nitrogens with zero attached hydrogens (tertiary/aromatic N) is 6. The molecule has 0 spiro atoms. The lowest BCUT2D eigenvalue weighted by Crippen LogP contribution is -2.41. The number of aliphatic hydroxyl groups excluding tert-OH is 2. The molecule has 0 bridgehead atoms. The first-order valence-electron chi connectivity index (χ1n) is 9.84. The summed E-state index contributed by atoms with van der Waals surface area (Å²) in [5, 5.41) is 21.2. The third kappa shape index (κ3) is 4.94. The summed E-state index contributed by atoms with van der Waals surface area (Å²) in [7, 11) is 0. The average molecular weight is 422 g/mol. The summed E-state index contributed by atoms with van der Waals surface area (Å²) in [6.45, 7) is 2.89. The van der Waals surface area contributed by atoms with Crippen molar-refractivity contribution in [1.29, 1.82) is 0 Å². The number of ether oxygens (including phenoxy) is 1. The highest BCUT2D eigenvalue weighted by Crippen LogP contribution is 2.32. The van der Waals surface area contributed by atoms with Crippen LogP contribution in [0.1, 0.15) is 19.1 Å². The molecule has 2 aromatic heterocycles. The molecular weight excluding hydrogens is 392 g/mol. The van der Waals surface area contributed by atoms with Crippen LogP contribution in [-0.2, 0) is 4.74 Å². The molecule has 10 N–H and O–H groups in total. The minimum Gasteiger partial charge on any atom is -0.387 e. The number of rotatable bonds is 10. The number of aliphatic hydroxyl groups is 2. The van der Waals surface area contributed by atoms with E-state index in [4.69, 9.17) is 27.7 Å². The summed E-state index contributed by atoms with van der Waals surface area (Å²) < 4.78 is 7.57. The van der Waals surface area contributed by atoms with E-state index in [1.54, 1.807) is 4.57 Å². The Bertz CT molecular complexity index is 855. The number of aromatic nitrogens is 4. The number of aliphatic imine (C=N–C) groups is 1. The Morgan fingerprint density at radius 1 is 1.17 bits per heavy atom. The molecule has 166 valence electrons. The van der Waals surface area contributed by atoms with Gasteiger partial charge in [-0.25, -0.2) is 15.0 Å². The van der Waals surface area contributed by atoms with Crippen molar-refractivity contribution in [2.45, 2.75) is 37.4 Å². The quantitative estimate of drug-likeness (QED) is 0.132. The molecule has 0 aromatic carbocycles. The third-order valence-corrected chi connectivity index (χ3v) is 5.04. The summed E-state index contributed by atoms with van der Waals surface area (Å²) in [6.07, 6.45) is 0.631. The fourth-order valence-electron chi connectivity index (χ4n) is 3.53. The second-order valence-electron chi connectivity index (χ2n) is 7.23. The lowest BCUT2D eigenvalue weighted by atomic mass is 10.1. The first-order valence-corrected chi connectivity index (χ1v) is 9.84. The second kappa shape index (κ2) is 9.95. The maximum absolute atomic E-state index is 10.6. The molecule has 1 fully saturated rings. The topological polar surface area (TPSA) is 213 Å². The van der Waals surface area contributed by atoms with Crippen LogP contribution < -0.4 is 22.9 Å². The zero-order chi connectivity index (χ0) is 21.7. The fraction of sp³-hybridized carbons (Fsp3) is 0.647. The van der Waals surface area contributed by atoms with Gasteiger partial charge in [-0.15, -0.1) is 0 Å². The van der Waals surface area contributed by atoms with Crippen molar-refractivity contribution in [3.05, 3.63) is 12.7 Å². The molecule has 1 saturated heterocycles. The van der Waals surface area contributed by atoms with E-state index in [2.05, 4.69) is 24.8 Å². The third-order valence-electron chi connectivity index (χ3n) is 5.04. The highest BCUT2D eigenvalue weighted by Gasteiger charge is 2.44. The van der Waals surface area contributed by atoms with Gasteiger partial charge in [-0.3, -0.25) is 9.56 Å². The van der Waals surface area contributed by atoms with Crippen molar-refractivity contribution in [3.63, 3.8) is 0 Å². The van der Waals surface area contributed by atoms with Crippen LogP contribution in [0.25, 0.3) is 11.2 Å². The van der Waals surface area contributed by atoms with Gasteiger partial charge < -0.3 is 42.8 Å². The van der Waals surface area contributed by atoms with Crippen LogP contribution >= 0.6 is 0 Å². The summed E-state index contributed by atoms with van der Waals surface area (Å²) in [4.78, 5) is 18.4. The maximum atomic E-state index is 10.6. The first-order chi connectivity index (χ1) is 14.4. The van der Waals surface area contributed by atoms with Crippen molar-refractivity contribution in [2.75, 3.05) is 38.5 Å². The molecule has 3 heterocycles. The van der Waals surface area contributed by atoms with Crippen LogP contribution in [0.15, 0.2) is 17.6 Å². The van der Waals surface area contributed by atoms with Crippen LogP contribution in [0, 0.1) is 0 Å². The van der Waals surface area contributed by atoms with Crippen LogP contribution in [-0.4, -0.2) is 91.6 Å². The summed E-state index contributed by atoms with van der Waals surface area (Å²) in [6, 6.07) is 0. The Labute approximate surface area is 173 Å². The van der Waals surface area contributed by atoms with Crippen LogP contribution in [0.3, 0.4) is 0 Å². The highest BCUT2D eigenvalue weighted by atomic mass is 16.6. The second-order valence-corrected chi connectivity index (χ2v) is 7.23. The van der Waals surface area contributed by atoms with Gasteiger partial charge in [0.1, 0.15) is 30.2 Å². The Hall–Kier alpha value is -2.58. The van der Waals surface area contributed by atoms with Gasteiger partial charge in [0.2, 0.25) is 0 Å². The average Bonchev–Trinajstić information content (AvgIpc) is 3.26. The molecule has 13 heteroatoms. The molecule has 2 aromatic rings. The monoisotopic (exact) mass is 422 g/mol. The van der Waals surface area contributed by atoms with Crippen LogP contribution in [0.2, 0.25) is 0 Å². The fourth-order valence-corrected chi connectivity index (χ4v) is 3.53. The van der Waals surface area contributed by atoms with Crippen molar-refractivity contribution < 1.29 is 14.9 Å². The van der Waals surface area contributed by atoms with Crippen LogP contribution in [0.5, 0.6) is 0 Å². The Morgan fingerprint density at radius 3 is 2.67 bits per heavy atom. The molecule has 30 heavy (non-hydrogen) atoms. The van der Waals surface area contributed by atoms with Gasteiger partial charge in [-0.1, -0.05) is 0 Å². The minimum atomic E-state index is -1.15. The van der Waals surface area contributed by atoms with E-state index < -0.39 is 24.5 Å². The van der Waals surface area contributed by atoms with Gasteiger partial charge in [-0.05, 0) is 25.9 Å². The SMILES string of the molecule is NCCCN(CCCN=C(N)N)C[C@@H]1O[C@H](n2cnc3c(N)ncnc32)[C@@H](O)[C@H]1O. The van der Waals surface area contributed by atoms with Gasteiger partial charge in [-0.2, -0.15) is 0 Å². The number of hydrogen-bond acceptors (Lipinski definition) is 10. The molecule has 1 aliphatic rings. The predicted octanol–water partition coefficient (Wildman–Crippen LogP) is -2.66. The van der Waals surface area contributed by atoms with E-state index in [0.29, 0.717) is 37.3 Å². The molecule has 13 nitrogen and oxygen atoms in total. The van der Waals surface area contributed by atoms with E-state index in [9.17, 15) is 10.2 Å². The lowest BCUT2D eigenvalue weighted by molar-refractivity contribution is -0.0442. The zero-order valence-electron chi connectivity index (χ0n) is 16.7. The van der Waals surface area contributed by atoms with Gasteiger partial charge in [0.15, 0.2) is 23.7 Å².